The molecule has 0 spiro atoms. The minimum Gasteiger partial charge on any atom is -0.310 e. The number of hydrogen-bond donors (Lipinski definition) is 1. The molecule has 1 N–H and O–H groups in total. The molecule has 0 aromatic heterocycles. The van der Waals surface area contributed by atoms with Gasteiger partial charge in [0.25, 0.3) is 0 Å². The molecule has 1 aromatic carbocycles. The molecular weight excluding hydrogens is 262 g/mol. The van der Waals surface area contributed by atoms with Gasteiger partial charge in [0.15, 0.2) is 0 Å². The van der Waals surface area contributed by atoms with Crippen LogP contribution < -0.4 is 5.32 Å². The third kappa shape index (κ3) is 4.18. The molecule has 0 radical (unpaired) electrons. The fourth-order valence-electron chi connectivity index (χ4n) is 2.42. The van der Waals surface area contributed by atoms with Crippen LogP contribution in [-0.4, -0.2) is 18.1 Å². The summed E-state index contributed by atoms with van der Waals surface area (Å²) in [6.07, 6.45) is 3.78. The molecule has 100 valence electrons. The quantitative estimate of drug-likeness (QED) is 0.823. The number of nitrogens with one attached hydrogen (secondary N) is 1. The van der Waals surface area contributed by atoms with Crippen LogP contribution in [0.25, 0.3) is 0 Å². The van der Waals surface area contributed by atoms with Crippen LogP contribution in [0.1, 0.15) is 37.8 Å². The lowest BCUT2D eigenvalue weighted by Crippen LogP contribution is -2.27. The Kier molecular flexibility index (Phi) is 5.87. The van der Waals surface area contributed by atoms with Crippen molar-refractivity contribution in [1.82, 2.24) is 5.32 Å². The second kappa shape index (κ2) is 7.42. The van der Waals surface area contributed by atoms with E-state index < -0.39 is 0 Å². The van der Waals surface area contributed by atoms with E-state index in [0.717, 1.165) is 17.5 Å². The van der Waals surface area contributed by atoms with Crippen molar-refractivity contribution in [3.05, 3.63) is 34.9 Å². The zero-order valence-corrected chi connectivity index (χ0v) is 12.6. The maximum atomic E-state index is 5.95. The first kappa shape index (κ1) is 14.2. The summed E-state index contributed by atoms with van der Waals surface area (Å²) in [6, 6.07) is 8.77. The van der Waals surface area contributed by atoms with Crippen LogP contribution in [0.2, 0.25) is 5.02 Å². The van der Waals surface area contributed by atoms with E-state index in [-0.39, 0.29) is 0 Å². The van der Waals surface area contributed by atoms with Gasteiger partial charge in [0.1, 0.15) is 0 Å². The van der Waals surface area contributed by atoms with Gasteiger partial charge in [-0.3, -0.25) is 0 Å². The standard InChI is InChI=1S/C15H22ClNS/c1-2-3-15(13-4-6-14(16)7-5-13)17-10-12-8-9-18-11-12/h4-7,12,15,17H,2-3,8-11H2,1H3. The number of halogens is 1. The number of benzene rings is 1. The first-order chi connectivity index (χ1) is 8.79. The van der Waals surface area contributed by atoms with E-state index in [2.05, 4.69) is 36.1 Å². The molecule has 3 heteroatoms. The van der Waals surface area contributed by atoms with Crippen LogP contribution in [0.5, 0.6) is 0 Å². The summed E-state index contributed by atoms with van der Waals surface area (Å²) in [7, 11) is 0. The molecule has 0 aliphatic carbocycles. The lowest BCUT2D eigenvalue weighted by molar-refractivity contribution is 0.438. The summed E-state index contributed by atoms with van der Waals surface area (Å²) < 4.78 is 0. The Bertz CT molecular complexity index is 346. The molecule has 1 nitrogen and oxygen atoms in total. The molecule has 0 amide bonds. The fraction of sp³-hybridized carbons (Fsp3) is 0.600. The Balaban J connectivity index is 1.91. The Hall–Kier alpha value is -0.180. The highest BCUT2D eigenvalue weighted by Gasteiger charge is 2.17. The maximum absolute atomic E-state index is 5.95. The Morgan fingerprint density at radius 1 is 1.39 bits per heavy atom. The Morgan fingerprint density at radius 2 is 2.17 bits per heavy atom. The molecule has 2 atom stereocenters. The summed E-state index contributed by atoms with van der Waals surface area (Å²) in [4.78, 5) is 0. The Labute approximate surface area is 120 Å². The largest absolute Gasteiger partial charge is 0.310 e. The van der Waals surface area contributed by atoms with Gasteiger partial charge in [-0.1, -0.05) is 37.1 Å². The minimum atomic E-state index is 0.484. The summed E-state index contributed by atoms with van der Waals surface area (Å²) in [5.74, 6) is 3.53. The highest BCUT2D eigenvalue weighted by Crippen LogP contribution is 2.25. The Morgan fingerprint density at radius 3 is 2.78 bits per heavy atom. The molecule has 1 aromatic rings. The first-order valence-corrected chi connectivity index (χ1v) is 8.39. The molecule has 1 aliphatic heterocycles. The molecule has 1 saturated heterocycles. The molecule has 1 aliphatic rings. The average Bonchev–Trinajstić information content (AvgIpc) is 2.89. The van der Waals surface area contributed by atoms with Crippen LogP contribution in [0, 0.1) is 5.92 Å². The number of hydrogen-bond acceptors (Lipinski definition) is 2. The lowest BCUT2D eigenvalue weighted by Gasteiger charge is -2.21. The zero-order valence-electron chi connectivity index (χ0n) is 11.0. The highest BCUT2D eigenvalue weighted by molar-refractivity contribution is 7.99. The first-order valence-electron chi connectivity index (χ1n) is 6.86. The summed E-state index contributed by atoms with van der Waals surface area (Å²) in [5.41, 5.74) is 1.37. The van der Waals surface area contributed by atoms with Crippen LogP contribution >= 0.6 is 23.4 Å². The number of rotatable bonds is 6. The van der Waals surface area contributed by atoms with Crippen molar-refractivity contribution in [1.29, 1.82) is 0 Å². The molecule has 18 heavy (non-hydrogen) atoms. The van der Waals surface area contributed by atoms with Gasteiger partial charge in [-0.05, 0) is 54.5 Å². The van der Waals surface area contributed by atoms with Gasteiger partial charge >= 0.3 is 0 Å². The van der Waals surface area contributed by atoms with Crippen molar-refractivity contribution in [3.8, 4) is 0 Å². The van der Waals surface area contributed by atoms with E-state index in [1.54, 1.807) is 0 Å². The molecule has 2 rings (SSSR count). The molecule has 1 fully saturated rings. The molecule has 1 heterocycles. The molecule has 0 bridgehead atoms. The van der Waals surface area contributed by atoms with Gasteiger partial charge in [0, 0.05) is 11.1 Å². The van der Waals surface area contributed by atoms with E-state index >= 15 is 0 Å². The normalized spacial score (nSPS) is 21.1. The average molecular weight is 284 g/mol. The summed E-state index contributed by atoms with van der Waals surface area (Å²) >= 11 is 8.04. The van der Waals surface area contributed by atoms with Crippen LogP contribution in [0.15, 0.2) is 24.3 Å². The second-order valence-corrected chi connectivity index (χ2v) is 6.62. The van der Waals surface area contributed by atoms with Crippen molar-refractivity contribution in [2.45, 2.75) is 32.2 Å². The SMILES string of the molecule is CCCC(NCC1CCSC1)c1ccc(Cl)cc1. The van der Waals surface area contributed by atoms with Crippen LogP contribution in [0.4, 0.5) is 0 Å². The predicted octanol–water partition coefficient (Wildman–Crippen LogP) is 4.52. The van der Waals surface area contributed by atoms with Crippen molar-refractivity contribution < 1.29 is 0 Å². The third-order valence-electron chi connectivity index (χ3n) is 3.53. The van der Waals surface area contributed by atoms with Gasteiger partial charge in [0.2, 0.25) is 0 Å². The smallest absolute Gasteiger partial charge is 0.0406 e. The van der Waals surface area contributed by atoms with Crippen molar-refractivity contribution in [2.75, 3.05) is 18.1 Å². The third-order valence-corrected chi connectivity index (χ3v) is 5.01. The van der Waals surface area contributed by atoms with Gasteiger partial charge < -0.3 is 5.32 Å². The van der Waals surface area contributed by atoms with Gasteiger partial charge in [-0.15, -0.1) is 0 Å². The summed E-state index contributed by atoms with van der Waals surface area (Å²) in [6.45, 7) is 3.40. The maximum Gasteiger partial charge on any atom is 0.0406 e. The topological polar surface area (TPSA) is 12.0 Å². The van der Waals surface area contributed by atoms with Crippen molar-refractivity contribution >= 4 is 23.4 Å². The monoisotopic (exact) mass is 283 g/mol. The molecule has 2 unspecified atom stereocenters. The number of thioether (sulfide) groups is 1. The van der Waals surface area contributed by atoms with E-state index in [9.17, 15) is 0 Å². The van der Waals surface area contributed by atoms with E-state index in [1.165, 1.54) is 36.3 Å². The fourth-order valence-corrected chi connectivity index (χ4v) is 3.83. The van der Waals surface area contributed by atoms with Gasteiger partial charge in [-0.25, -0.2) is 0 Å². The van der Waals surface area contributed by atoms with Crippen LogP contribution in [0.3, 0.4) is 0 Å². The van der Waals surface area contributed by atoms with Gasteiger partial charge in [0.05, 0.1) is 0 Å². The van der Waals surface area contributed by atoms with E-state index in [1.807, 2.05) is 12.1 Å². The molecule has 0 saturated carbocycles. The molecular formula is C15H22ClNS. The van der Waals surface area contributed by atoms with Gasteiger partial charge in [-0.2, -0.15) is 11.8 Å². The zero-order chi connectivity index (χ0) is 12.8. The van der Waals surface area contributed by atoms with Crippen LogP contribution in [-0.2, 0) is 0 Å². The minimum absolute atomic E-state index is 0.484. The van der Waals surface area contributed by atoms with Crippen molar-refractivity contribution in [2.24, 2.45) is 5.92 Å². The second-order valence-electron chi connectivity index (χ2n) is 5.03. The highest BCUT2D eigenvalue weighted by atomic mass is 35.5. The summed E-state index contributed by atoms with van der Waals surface area (Å²) in [5, 5.41) is 4.56. The van der Waals surface area contributed by atoms with E-state index in [0.29, 0.717) is 6.04 Å². The van der Waals surface area contributed by atoms with E-state index in [4.69, 9.17) is 11.6 Å². The predicted molar refractivity (Wildman–Crippen MR) is 82.5 cm³/mol. The van der Waals surface area contributed by atoms with Crippen molar-refractivity contribution in [3.63, 3.8) is 0 Å². The lowest BCUT2D eigenvalue weighted by atomic mass is 10.0.